The third kappa shape index (κ3) is 5.94. The monoisotopic (exact) mass is 483 g/mol. The molecule has 7 nitrogen and oxygen atoms in total. The smallest absolute Gasteiger partial charge is 0.341 e. The molecule has 2 amide bonds. The molecule has 0 saturated carbocycles. The number of anilines is 3. The maximum atomic E-state index is 13.1. The summed E-state index contributed by atoms with van der Waals surface area (Å²) in [6.45, 7) is 3.58. The third-order valence-corrected chi connectivity index (χ3v) is 7.41. The number of para-hydroxylation sites is 1. The number of carbonyl (C=O) groups is 3. The molecule has 1 aromatic heterocycles. The average Bonchev–Trinajstić information content (AvgIpc) is 3.14. The first kappa shape index (κ1) is 24.3. The normalized spacial score (nSPS) is 11.5. The van der Waals surface area contributed by atoms with E-state index in [9.17, 15) is 14.4 Å². The number of rotatable bonds is 8. The van der Waals surface area contributed by atoms with Crippen molar-refractivity contribution in [3.8, 4) is 0 Å². The quantitative estimate of drug-likeness (QED) is 0.231. The van der Waals surface area contributed by atoms with Gasteiger partial charge in [-0.05, 0) is 55.3 Å². The number of nitrogens with one attached hydrogen (secondary N) is 2. The Morgan fingerprint density at radius 3 is 2.33 bits per heavy atom. The van der Waals surface area contributed by atoms with Crippen LogP contribution in [0.25, 0.3) is 0 Å². The average molecular weight is 484 g/mol. The fraction of sp³-hybridized carbons (Fsp3) is 0.208. The van der Waals surface area contributed by atoms with Gasteiger partial charge in [-0.1, -0.05) is 25.1 Å². The Kier molecular flexibility index (Phi) is 8.13. The second kappa shape index (κ2) is 11.0. The summed E-state index contributed by atoms with van der Waals surface area (Å²) < 4.78 is 4.91. The molecule has 3 rings (SSSR count). The first-order valence-corrected chi connectivity index (χ1v) is 11.9. The molecule has 0 aliphatic heterocycles. The highest BCUT2D eigenvalue weighted by atomic mass is 32.2. The molecule has 1 atom stereocenters. The SMILES string of the molecule is CCC(Sc1ccc(N)cc1)C(=O)Nc1sc(C(=O)Nc2ccccc2)c(C)c1C(=O)OC. The van der Waals surface area contributed by atoms with Crippen LogP contribution in [0.1, 0.15) is 38.9 Å². The van der Waals surface area contributed by atoms with Gasteiger partial charge in [-0.2, -0.15) is 0 Å². The zero-order valence-corrected chi connectivity index (χ0v) is 20.1. The summed E-state index contributed by atoms with van der Waals surface area (Å²) in [5.74, 6) is -1.24. The number of methoxy groups -OCH3 is 1. The van der Waals surface area contributed by atoms with Gasteiger partial charge in [0.25, 0.3) is 5.91 Å². The van der Waals surface area contributed by atoms with Crippen LogP contribution in [0, 0.1) is 6.92 Å². The van der Waals surface area contributed by atoms with Crippen LogP contribution in [-0.2, 0) is 9.53 Å². The molecule has 0 aliphatic rings. The summed E-state index contributed by atoms with van der Waals surface area (Å²) >= 11 is 2.46. The molecule has 0 fully saturated rings. The van der Waals surface area contributed by atoms with Crippen LogP contribution < -0.4 is 16.4 Å². The first-order chi connectivity index (χ1) is 15.8. The zero-order valence-electron chi connectivity index (χ0n) is 18.5. The molecule has 0 saturated heterocycles. The lowest BCUT2D eigenvalue weighted by Crippen LogP contribution is -2.25. The predicted molar refractivity (Wildman–Crippen MR) is 134 cm³/mol. The molecule has 3 aromatic rings. The van der Waals surface area contributed by atoms with Crippen LogP contribution in [0.5, 0.6) is 0 Å². The Hall–Kier alpha value is -3.30. The Morgan fingerprint density at radius 1 is 1.06 bits per heavy atom. The van der Waals surface area contributed by atoms with Crippen molar-refractivity contribution in [2.45, 2.75) is 30.4 Å². The summed E-state index contributed by atoms with van der Waals surface area (Å²) in [5, 5.41) is 5.55. The number of thioether (sulfide) groups is 1. The minimum absolute atomic E-state index is 0.182. The van der Waals surface area contributed by atoms with Crippen molar-refractivity contribution >= 4 is 57.3 Å². The van der Waals surface area contributed by atoms with Gasteiger partial charge in [0.15, 0.2) is 0 Å². The van der Waals surface area contributed by atoms with Crippen molar-refractivity contribution < 1.29 is 19.1 Å². The van der Waals surface area contributed by atoms with Gasteiger partial charge in [0.2, 0.25) is 5.91 Å². The zero-order chi connectivity index (χ0) is 24.0. The van der Waals surface area contributed by atoms with E-state index in [1.54, 1.807) is 31.2 Å². The number of thiophene rings is 1. The Morgan fingerprint density at radius 2 is 1.73 bits per heavy atom. The van der Waals surface area contributed by atoms with Crippen molar-refractivity contribution in [3.63, 3.8) is 0 Å². The van der Waals surface area contributed by atoms with E-state index in [0.717, 1.165) is 16.2 Å². The van der Waals surface area contributed by atoms with Gasteiger partial charge >= 0.3 is 5.97 Å². The summed E-state index contributed by atoms with van der Waals surface area (Å²) in [4.78, 5) is 39.6. The molecule has 0 radical (unpaired) electrons. The number of esters is 1. The topological polar surface area (TPSA) is 111 Å². The van der Waals surface area contributed by atoms with Gasteiger partial charge in [0, 0.05) is 16.3 Å². The minimum atomic E-state index is -0.614. The number of nitrogen functional groups attached to an aromatic ring is 1. The van der Waals surface area contributed by atoms with Gasteiger partial charge in [0.05, 0.1) is 22.8 Å². The largest absolute Gasteiger partial charge is 0.465 e. The van der Waals surface area contributed by atoms with Crippen LogP contribution in [0.3, 0.4) is 0 Å². The molecular weight excluding hydrogens is 458 g/mol. The van der Waals surface area contributed by atoms with Gasteiger partial charge in [-0.15, -0.1) is 23.1 Å². The number of hydrogen-bond donors (Lipinski definition) is 3. The number of benzene rings is 2. The molecular formula is C24H25N3O4S2. The molecule has 1 heterocycles. The number of amides is 2. The third-order valence-electron chi connectivity index (χ3n) is 4.83. The maximum absolute atomic E-state index is 13.1. The van der Waals surface area contributed by atoms with Gasteiger partial charge in [-0.25, -0.2) is 4.79 Å². The summed E-state index contributed by atoms with van der Waals surface area (Å²) in [6.07, 6.45) is 0.570. The number of carbonyl (C=O) groups excluding carboxylic acids is 3. The molecule has 9 heteroatoms. The Labute approximate surface area is 200 Å². The van der Waals surface area contributed by atoms with Crippen LogP contribution in [-0.4, -0.2) is 30.1 Å². The Balaban J connectivity index is 1.85. The standard InChI is InChI=1S/C24H25N3O4S2/c1-4-18(32-17-12-10-15(25)11-13-17)21(28)27-23-19(24(30)31-3)14(2)20(33-23)22(29)26-16-8-6-5-7-9-16/h5-13,18H,4,25H2,1-3H3,(H,26,29)(H,27,28). The molecule has 1 unspecified atom stereocenters. The van der Waals surface area contributed by atoms with E-state index in [1.807, 2.05) is 37.3 Å². The van der Waals surface area contributed by atoms with E-state index in [1.165, 1.54) is 18.9 Å². The van der Waals surface area contributed by atoms with Crippen LogP contribution in [0.2, 0.25) is 0 Å². The van der Waals surface area contributed by atoms with E-state index in [-0.39, 0.29) is 17.4 Å². The summed E-state index contributed by atoms with van der Waals surface area (Å²) in [5.41, 5.74) is 7.65. The highest BCUT2D eigenvalue weighted by molar-refractivity contribution is 8.00. The van der Waals surface area contributed by atoms with Crippen molar-refractivity contribution in [2.75, 3.05) is 23.5 Å². The molecule has 33 heavy (non-hydrogen) atoms. The van der Waals surface area contributed by atoms with Crippen LogP contribution >= 0.6 is 23.1 Å². The van der Waals surface area contributed by atoms with Crippen molar-refractivity contribution in [2.24, 2.45) is 0 Å². The molecule has 0 spiro atoms. The van der Waals surface area contributed by atoms with Crippen LogP contribution in [0.4, 0.5) is 16.4 Å². The maximum Gasteiger partial charge on any atom is 0.341 e. The number of hydrogen-bond acceptors (Lipinski definition) is 7. The fourth-order valence-corrected chi connectivity index (χ4v) is 5.15. The summed E-state index contributed by atoms with van der Waals surface area (Å²) in [6, 6.07) is 16.3. The van der Waals surface area contributed by atoms with Gasteiger partial charge in [-0.3, -0.25) is 9.59 Å². The van der Waals surface area contributed by atoms with E-state index < -0.39 is 11.2 Å². The molecule has 0 aliphatic carbocycles. The van der Waals surface area contributed by atoms with Crippen molar-refractivity contribution in [3.05, 3.63) is 70.6 Å². The highest BCUT2D eigenvalue weighted by Crippen LogP contribution is 2.35. The van der Waals surface area contributed by atoms with Crippen molar-refractivity contribution in [1.29, 1.82) is 0 Å². The van der Waals surface area contributed by atoms with Gasteiger partial charge < -0.3 is 21.1 Å². The summed E-state index contributed by atoms with van der Waals surface area (Å²) in [7, 11) is 1.26. The van der Waals surface area contributed by atoms with Crippen LogP contribution in [0.15, 0.2) is 59.5 Å². The molecule has 0 bridgehead atoms. The minimum Gasteiger partial charge on any atom is -0.465 e. The van der Waals surface area contributed by atoms with E-state index in [4.69, 9.17) is 10.5 Å². The second-order valence-electron chi connectivity index (χ2n) is 7.15. The van der Waals surface area contributed by atoms with E-state index in [0.29, 0.717) is 33.2 Å². The fourth-order valence-electron chi connectivity index (χ4n) is 3.10. The van der Waals surface area contributed by atoms with Crippen molar-refractivity contribution in [1.82, 2.24) is 0 Å². The lowest BCUT2D eigenvalue weighted by Gasteiger charge is -2.15. The second-order valence-corrected chi connectivity index (χ2v) is 9.44. The molecule has 172 valence electrons. The predicted octanol–water partition coefficient (Wildman–Crippen LogP) is 5.19. The number of nitrogens with two attached hydrogens (primary N) is 1. The Bertz CT molecular complexity index is 1140. The van der Waals surface area contributed by atoms with Gasteiger partial charge in [0.1, 0.15) is 5.00 Å². The molecule has 2 aromatic carbocycles. The number of ether oxygens (including phenoxy) is 1. The first-order valence-electron chi connectivity index (χ1n) is 10.2. The lowest BCUT2D eigenvalue weighted by atomic mass is 10.1. The highest BCUT2D eigenvalue weighted by Gasteiger charge is 2.28. The lowest BCUT2D eigenvalue weighted by molar-refractivity contribution is -0.115. The van der Waals surface area contributed by atoms with E-state index >= 15 is 0 Å². The van der Waals surface area contributed by atoms with E-state index in [2.05, 4.69) is 10.6 Å². The molecule has 4 N–H and O–H groups in total.